The van der Waals surface area contributed by atoms with Crippen LogP contribution in [0.3, 0.4) is 0 Å². The summed E-state index contributed by atoms with van der Waals surface area (Å²) >= 11 is 0. The van der Waals surface area contributed by atoms with E-state index >= 15 is 0 Å². The summed E-state index contributed by atoms with van der Waals surface area (Å²) in [5, 5.41) is 11.2. The highest BCUT2D eigenvalue weighted by Crippen LogP contribution is 2.40. The number of hydrogen-bond donors (Lipinski definition) is 1. The second kappa shape index (κ2) is 11.7. The van der Waals surface area contributed by atoms with E-state index in [-0.39, 0.29) is 23.0 Å². The van der Waals surface area contributed by atoms with Crippen LogP contribution in [0.2, 0.25) is 0 Å². The van der Waals surface area contributed by atoms with E-state index in [0.29, 0.717) is 37.5 Å². The van der Waals surface area contributed by atoms with Gasteiger partial charge < -0.3 is 24.2 Å². The summed E-state index contributed by atoms with van der Waals surface area (Å²) in [6.45, 7) is 7.61. The average Bonchev–Trinajstić information content (AvgIpc) is 3.15. The van der Waals surface area contributed by atoms with Crippen LogP contribution in [0.25, 0.3) is 5.76 Å². The lowest BCUT2D eigenvalue weighted by molar-refractivity contribution is -0.140. The van der Waals surface area contributed by atoms with E-state index in [1.165, 1.54) is 24.1 Å². The van der Waals surface area contributed by atoms with Gasteiger partial charge in [0.25, 0.3) is 11.7 Å². The molecule has 0 radical (unpaired) electrons. The molecule has 4 rings (SSSR count). The molecule has 1 unspecified atom stereocenters. The predicted octanol–water partition coefficient (Wildman–Crippen LogP) is 3.77. The number of halogens is 1. The molecule has 0 aromatic heterocycles. The minimum Gasteiger partial charge on any atom is -0.507 e. The number of carbonyl (C=O) groups excluding carboxylic acids is 2. The zero-order valence-electron chi connectivity index (χ0n) is 21.4. The molecule has 2 aromatic carbocycles. The molecule has 2 heterocycles. The number of amides is 1. The number of ether oxygens (including phenoxy) is 3. The summed E-state index contributed by atoms with van der Waals surface area (Å²) in [6.07, 6.45) is 0.411. The fourth-order valence-electron chi connectivity index (χ4n) is 4.71. The van der Waals surface area contributed by atoms with Gasteiger partial charge in [0, 0.05) is 31.7 Å². The van der Waals surface area contributed by atoms with E-state index in [9.17, 15) is 19.1 Å². The third kappa shape index (κ3) is 5.94. The summed E-state index contributed by atoms with van der Waals surface area (Å²) in [5.41, 5.74) is 0.626. The van der Waals surface area contributed by atoms with Crippen molar-refractivity contribution in [1.82, 2.24) is 9.80 Å². The number of methoxy groups -OCH3 is 1. The molecular formula is C28H33FN2O6. The predicted molar refractivity (Wildman–Crippen MR) is 136 cm³/mol. The van der Waals surface area contributed by atoms with Crippen molar-refractivity contribution in [2.24, 2.45) is 0 Å². The van der Waals surface area contributed by atoms with E-state index in [2.05, 4.69) is 4.90 Å². The Bertz CT molecular complexity index is 1180. The van der Waals surface area contributed by atoms with Gasteiger partial charge in [-0.1, -0.05) is 12.1 Å². The van der Waals surface area contributed by atoms with Gasteiger partial charge >= 0.3 is 0 Å². The van der Waals surface area contributed by atoms with E-state index in [1.54, 1.807) is 38.1 Å². The van der Waals surface area contributed by atoms with Gasteiger partial charge in [-0.3, -0.25) is 14.5 Å². The van der Waals surface area contributed by atoms with Crippen molar-refractivity contribution < 1.29 is 33.3 Å². The Labute approximate surface area is 216 Å². The number of aliphatic hydroxyl groups is 1. The lowest BCUT2D eigenvalue weighted by Crippen LogP contribution is -2.38. The topological polar surface area (TPSA) is 88.5 Å². The van der Waals surface area contributed by atoms with Gasteiger partial charge in [-0.25, -0.2) is 4.39 Å². The van der Waals surface area contributed by atoms with Gasteiger partial charge in [-0.05, 0) is 56.2 Å². The lowest BCUT2D eigenvalue weighted by Gasteiger charge is -2.29. The van der Waals surface area contributed by atoms with Crippen LogP contribution in [0.15, 0.2) is 48.0 Å². The van der Waals surface area contributed by atoms with Crippen LogP contribution in [-0.2, 0) is 14.3 Å². The Morgan fingerprint density at radius 2 is 1.89 bits per heavy atom. The van der Waals surface area contributed by atoms with Crippen LogP contribution in [0.4, 0.5) is 4.39 Å². The summed E-state index contributed by atoms with van der Waals surface area (Å²) in [7, 11) is 1.53. The van der Waals surface area contributed by atoms with Crippen LogP contribution in [-0.4, -0.2) is 79.2 Å². The van der Waals surface area contributed by atoms with Gasteiger partial charge in [-0.2, -0.15) is 0 Å². The van der Waals surface area contributed by atoms with E-state index < -0.39 is 29.3 Å². The average molecular weight is 513 g/mol. The number of carbonyl (C=O) groups is 2. The fourth-order valence-corrected chi connectivity index (χ4v) is 4.71. The van der Waals surface area contributed by atoms with Crippen molar-refractivity contribution >= 4 is 17.4 Å². The number of Topliss-reactive ketones (excluding diaryl/α,β-unsaturated/α-hetero) is 1. The first-order chi connectivity index (χ1) is 17.8. The molecule has 198 valence electrons. The third-order valence-corrected chi connectivity index (χ3v) is 6.49. The largest absolute Gasteiger partial charge is 0.507 e. The molecule has 8 nitrogen and oxygen atoms in total. The number of benzene rings is 2. The SMILES string of the molecule is COc1cccc(C2/C(=C(\O)c3ccc(OC(C)C)c(F)c3)C(=O)C(=O)N2CCCN2CCOCC2)c1. The molecule has 2 saturated heterocycles. The standard InChI is InChI=1S/C28H33FN2O6/c1-18(2)37-23-9-8-20(17-22(23)29)26(32)24-25(19-6-4-7-21(16-19)35-3)31(28(34)27(24)33)11-5-10-30-12-14-36-15-13-30/h4,6-9,16-18,25,32H,5,10-15H2,1-3H3/b26-24+. The van der Waals surface area contributed by atoms with Gasteiger partial charge in [0.05, 0.1) is 38.0 Å². The van der Waals surface area contributed by atoms with E-state index in [0.717, 1.165) is 25.7 Å². The minimum atomic E-state index is -0.838. The van der Waals surface area contributed by atoms with Gasteiger partial charge in [-0.15, -0.1) is 0 Å². The normalized spacial score (nSPS) is 20.0. The highest BCUT2D eigenvalue weighted by molar-refractivity contribution is 6.46. The lowest BCUT2D eigenvalue weighted by atomic mass is 9.95. The van der Waals surface area contributed by atoms with Gasteiger partial charge in [0.15, 0.2) is 11.6 Å². The van der Waals surface area contributed by atoms with Crippen LogP contribution in [0.1, 0.15) is 37.4 Å². The minimum absolute atomic E-state index is 0.0412. The molecule has 9 heteroatoms. The molecule has 0 aliphatic carbocycles. The molecule has 1 atom stereocenters. The smallest absolute Gasteiger partial charge is 0.295 e. The Hall–Kier alpha value is -3.43. The molecule has 2 aromatic rings. The van der Waals surface area contributed by atoms with E-state index in [1.807, 2.05) is 0 Å². The maximum atomic E-state index is 14.7. The van der Waals surface area contributed by atoms with Crippen molar-refractivity contribution in [2.45, 2.75) is 32.4 Å². The molecule has 2 fully saturated rings. The zero-order chi connectivity index (χ0) is 26.5. The summed E-state index contributed by atoms with van der Waals surface area (Å²) < 4.78 is 30.9. The molecule has 2 aliphatic heterocycles. The second-order valence-electron chi connectivity index (χ2n) is 9.39. The third-order valence-electron chi connectivity index (χ3n) is 6.49. The Morgan fingerprint density at radius 3 is 2.57 bits per heavy atom. The maximum absolute atomic E-state index is 14.7. The molecule has 37 heavy (non-hydrogen) atoms. The summed E-state index contributed by atoms with van der Waals surface area (Å²) in [5.74, 6) is -2.01. The van der Waals surface area contributed by atoms with Crippen LogP contribution >= 0.6 is 0 Å². The number of ketones is 1. The Balaban J connectivity index is 1.69. The summed E-state index contributed by atoms with van der Waals surface area (Å²) in [6, 6.07) is 10.2. The molecule has 0 bridgehead atoms. The molecule has 0 saturated carbocycles. The quantitative estimate of drug-likeness (QED) is 0.311. The zero-order valence-corrected chi connectivity index (χ0v) is 21.4. The van der Waals surface area contributed by atoms with Crippen molar-refractivity contribution in [3.8, 4) is 11.5 Å². The van der Waals surface area contributed by atoms with E-state index in [4.69, 9.17) is 14.2 Å². The maximum Gasteiger partial charge on any atom is 0.295 e. The molecule has 0 spiro atoms. The molecule has 1 amide bonds. The van der Waals surface area contributed by atoms with Crippen LogP contribution < -0.4 is 9.47 Å². The first-order valence-electron chi connectivity index (χ1n) is 12.5. The first-order valence-corrected chi connectivity index (χ1v) is 12.5. The second-order valence-corrected chi connectivity index (χ2v) is 9.39. The highest BCUT2D eigenvalue weighted by Gasteiger charge is 2.46. The highest BCUT2D eigenvalue weighted by atomic mass is 19.1. The summed E-state index contributed by atoms with van der Waals surface area (Å²) in [4.78, 5) is 30.2. The number of hydrogen-bond acceptors (Lipinski definition) is 7. The van der Waals surface area contributed by atoms with Crippen molar-refractivity contribution in [1.29, 1.82) is 0 Å². The Kier molecular flexibility index (Phi) is 8.45. The number of nitrogens with zero attached hydrogens (tertiary/aromatic N) is 2. The monoisotopic (exact) mass is 512 g/mol. The van der Waals surface area contributed by atoms with Crippen molar-refractivity contribution in [3.05, 3.63) is 65.0 Å². The van der Waals surface area contributed by atoms with Gasteiger partial charge in [0.2, 0.25) is 0 Å². The Morgan fingerprint density at radius 1 is 1.14 bits per heavy atom. The number of aliphatic hydroxyl groups excluding tert-OH is 1. The van der Waals surface area contributed by atoms with Gasteiger partial charge in [0.1, 0.15) is 11.5 Å². The first kappa shape index (κ1) is 26.6. The molecule has 2 aliphatic rings. The fraction of sp³-hybridized carbons (Fsp3) is 0.429. The van der Waals surface area contributed by atoms with Crippen LogP contribution in [0.5, 0.6) is 11.5 Å². The number of rotatable bonds is 9. The number of likely N-dealkylation sites (tertiary alicyclic amines) is 1. The number of morpholine rings is 1. The van der Waals surface area contributed by atoms with Crippen LogP contribution in [0, 0.1) is 5.82 Å². The van der Waals surface area contributed by atoms with Crippen molar-refractivity contribution in [2.75, 3.05) is 46.5 Å². The molecule has 1 N–H and O–H groups in total. The molecular weight excluding hydrogens is 479 g/mol. The van der Waals surface area contributed by atoms with Crippen molar-refractivity contribution in [3.63, 3.8) is 0 Å².